The second kappa shape index (κ2) is 12.8. The SMILES string of the molecule is COc1ccc(-n2c(SCC(=O)N/N=C/c3c(OC)cc(OC)cc3OC)nnc2-c2ccc(C)cc2)cc1. The first-order valence-corrected chi connectivity index (χ1v) is 12.9. The van der Waals surface area contributed by atoms with Crippen molar-refractivity contribution in [1.29, 1.82) is 0 Å². The first kappa shape index (κ1) is 27.5. The Morgan fingerprint density at radius 1 is 0.897 bits per heavy atom. The standard InChI is InChI=1S/C28H29N5O5S/c1-18-6-8-19(9-7-18)27-31-32-28(33(27)20-10-12-21(35-2)13-11-20)39-17-26(34)30-29-16-23-24(37-4)14-22(36-3)15-25(23)38-5/h6-16H,17H2,1-5H3,(H,30,34)/b29-16+. The molecule has 0 aliphatic rings. The molecule has 202 valence electrons. The highest BCUT2D eigenvalue weighted by Crippen LogP contribution is 2.33. The number of carbonyl (C=O) groups excluding carboxylic acids is 1. The van der Waals surface area contributed by atoms with Gasteiger partial charge in [0.15, 0.2) is 11.0 Å². The zero-order valence-electron chi connectivity index (χ0n) is 22.3. The number of nitrogens with one attached hydrogen (secondary N) is 1. The third-order valence-electron chi connectivity index (χ3n) is 5.74. The molecule has 0 fully saturated rings. The molecule has 1 aromatic heterocycles. The number of hydrogen-bond acceptors (Lipinski definition) is 9. The van der Waals surface area contributed by atoms with Crippen LogP contribution < -0.4 is 24.4 Å². The summed E-state index contributed by atoms with van der Waals surface area (Å²) in [6.07, 6.45) is 1.47. The Bertz CT molecular complexity index is 1430. The summed E-state index contributed by atoms with van der Waals surface area (Å²) in [5, 5.41) is 13.5. The average molecular weight is 548 g/mol. The molecule has 1 amide bonds. The topological polar surface area (TPSA) is 109 Å². The lowest BCUT2D eigenvalue weighted by atomic mass is 10.1. The molecule has 1 heterocycles. The Hall–Kier alpha value is -4.51. The average Bonchev–Trinajstić information content (AvgIpc) is 3.40. The molecule has 0 bridgehead atoms. The predicted molar refractivity (Wildman–Crippen MR) is 151 cm³/mol. The minimum absolute atomic E-state index is 0.0659. The quantitative estimate of drug-likeness (QED) is 0.166. The summed E-state index contributed by atoms with van der Waals surface area (Å²) in [7, 11) is 6.24. The van der Waals surface area contributed by atoms with Gasteiger partial charge in [0, 0.05) is 23.4 Å². The molecule has 39 heavy (non-hydrogen) atoms. The van der Waals surface area contributed by atoms with E-state index in [4.69, 9.17) is 18.9 Å². The van der Waals surface area contributed by atoms with Gasteiger partial charge in [-0.2, -0.15) is 5.10 Å². The monoisotopic (exact) mass is 547 g/mol. The van der Waals surface area contributed by atoms with Crippen LogP contribution in [0.5, 0.6) is 23.0 Å². The number of benzene rings is 3. The molecule has 11 heteroatoms. The van der Waals surface area contributed by atoms with Crippen molar-refractivity contribution in [2.45, 2.75) is 12.1 Å². The Kier molecular flexibility index (Phi) is 9.06. The Morgan fingerprint density at radius 2 is 1.54 bits per heavy atom. The zero-order valence-corrected chi connectivity index (χ0v) is 23.1. The van der Waals surface area contributed by atoms with E-state index >= 15 is 0 Å². The number of rotatable bonds is 11. The van der Waals surface area contributed by atoms with Gasteiger partial charge < -0.3 is 18.9 Å². The highest BCUT2D eigenvalue weighted by molar-refractivity contribution is 7.99. The lowest BCUT2D eigenvalue weighted by molar-refractivity contribution is -0.118. The maximum atomic E-state index is 12.7. The van der Waals surface area contributed by atoms with Gasteiger partial charge in [-0.1, -0.05) is 41.6 Å². The van der Waals surface area contributed by atoms with Crippen LogP contribution in [0.3, 0.4) is 0 Å². The van der Waals surface area contributed by atoms with Crippen LogP contribution in [0.4, 0.5) is 0 Å². The summed E-state index contributed by atoms with van der Waals surface area (Å²) in [4.78, 5) is 12.7. The number of carbonyl (C=O) groups is 1. The lowest BCUT2D eigenvalue weighted by Crippen LogP contribution is -2.20. The van der Waals surface area contributed by atoms with Gasteiger partial charge in [-0.15, -0.1) is 10.2 Å². The molecule has 0 radical (unpaired) electrons. The van der Waals surface area contributed by atoms with Crippen molar-refractivity contribution in [1.82, 2.24) is 20.2 Å². The molecule has 3 aromatic carbocycles. The Balaban J connectivity index is 1.52. The predicted octanol–water partition coefficient (Wildman–Crippen LogP) is 4.52. The van der Waals surface area contributed by atoms with E-state index in [0.29, 0.717) is 33.8 Å². The van der Waals surface area contributed by atoms with Crippen LogP contribution in [0.1, 0.15) is 11.1 Å². The Labute approximate surface area is 231 Å². The van der Waals surface area contributed by atoms with Gasteiger partial charge in [0.1, 0.15) is 23.0 Å². The fraction of sp³-hybridized carbons (Fsp3) is 0.214. The van der Waals surface area contributed by atoms with Gasteiger partial charge in [0.05, 0.1) is 46.0 Å². The molecule has 0 unspecified atom stereocenters. The first-order chi connectivity index (χ1) is 19.0. The van der Waals surface area contributed by atoms with E-state index in [2.05, 4.69) is 20.7 Å². The van der Waals surface area contributed by atoms with E-state index in [0.717, 1.165) is 22.6 Å². The van der Waals surface area contributed by atoms with Crippen LogP contribution in [0.25, 0.3) is 17.1 Å². The van der Waals surface area contributed by atoms with Gasteiger partial charge in [-0.3, -0.25) is 9.36 Å². The van der Waals surface area contributed by atoms with E-state index in [9.17, 15) is 4.79 Å². The second-order valence-corrected chi connectivity index (χ2v) is 9.18. The summed E-state index contributed by atoms with van der Waals surface area (Å²) >= 11 is 1.25. The number of aromatic nitrogens is 3. The van der Waals surface area contributed by atoms with Crippen molar-refractivity contribution in [2.24, 2.45) is 5.10 Å². The molecular formula is C28H29N5O5S. The van der Waals surface area contributed by atoms with Gasteiger partial charge in [-0.25, -0.2) is 5.43 Å². The number of thioether (sulfide) groups is 1. The maximum Gasteiger partial charge on any atom is 0.250 e. The third kappa shape index (κ3) is 6.50. The molecular weight excluding hydrogens is 518 g/mol. The van der Waals surface area contributed by atoms with E-state index in [-0.39, 0.29) is 11.7 Å². The molecule has 0 aliphatic heterocycles. The van der Waals surface area contributed by atoms with Gasteiger partial charge in [-0.05, 0) is 31.2 Å². The van der Waals surface area contributed by atoms with Crippen molar-refractivity contribution < 1.29 is 23.7 Å². The third-order valence-corrected chi connectivity index (χ3v) is 6.67. The summed E-state index contributed by atoms with van der Waals surface area (Å²) < 4.78 is 23.3. The van der Waals surface area contributed by atoms with Crippen LogP contribution in [-0.2, 0) is 4.79 Å². The lowest BCUT2D eigenvalue weighted by Gasteiger charge is -2.12. The van der Waals surface area contributed by atoms with Crippen molar-refractivity contribution in [3.05, 3.63) is 71.8 Å². The molecule has 10 nitrogen and oxygen atoms in total. The van der Waals surface area contributed by atoms with Crippen molar-refractivity contribution >= 4 is 23.9 Å². The van der Waals surface area contributed by atoms with Crippen LogP contribution in [-0.4, -0.2) is 61.1 Å². The van der Waals surface area contributed by atoms with E-state index in [1.54, 1.807) is 26.4 Å². The summed E-state index contributed by atoms with van der Waals surface area (Å²) in [6.45, 7) is 2.03. The van der Waals surface area contributed by atoms with Crippen molar-refractivity contribution in [2.75, 3.05) is 34.2 Å². The number of ether oxygens (including phenoxy) is 4. The molecule has 0 spiro atoms. The van der Waals surface area contributed by atoms with E-state index in [1.165, 1.54) is 32.2 Å². The second-order valence-electron chi connectivity index (χ2n) is 8.23. The fourth-order valence-electron chi connectivity index (χ4n) is 3.71. The smallest absolute Gasteiger partial charge is 0.250 e. The summed E-state index contributed by atoms with van der Waals surface area (Å²) in [5.41, 5.74) is 6.01. The molecule has 0 aliphatic carbocycles. The van der Waals surface area contributed by atoms with E-state index in [1.807, 2.05) is 60.0 Å². The van der Waals surface area contributed by atoms with Gasteiger partial charge in [0.2, 0.25) is 0 Å². The minimum atomic E-state index is -0.316. The molecule has 0 saturated carbocycles. The summed E-state index contributed by atoms with van der Waals surface area (Å²) in [5.74, 6) is 2.72. The first-order valence-electron chi connectivity index (χ1n) is 11.9. The van der Waals surface area contributed by atoms with Crippen LogP contribution in [0.15, 0.2) is 70.9 Å². The van der Waals surface area contributed by atoms with E-state index < -0.39 is 0 Å². The fourth-order valence-corrected chi connectivity index (χ4v) is 4.45. The normalized spacial score (nSPS) is 10.9. The molecule has 4 aromatic rings. The number of methoxy groups -OCH3 is 4. The van der Waals surface area contributed by atoms with Crippen molar-refractivity contribution in [3.8, 4) is 40.1 Å². The number of hydrazone groups is 1. The van der Waals surface area contributed by atoms with Crippen molar-refractivity contribution in [3.63, 3.8) is 0 Å². The molecule has 4 rings (SSSR count). The molecule has 0 saturated heterocycles. The number of aryl methyl sites for hydroxylation is 1. The highest BCUT2D eigenvalue weighted by atomic mass is 32.2. The van der Waals surface area contributed by atoms with Crippen LogP contribution in [0.2, 0.25) is 0 Å². The maximum absolute atomic E-state index is 12.7. The number of hydrogen-bond donors (Lipinski definition) is 1. The Morgan fingerprint density at radius 3 is 2.13 bits per heavy atom. The molecule has 0 atom stereocenters. The number of nitrogens with zero attached hydrogens (tertiary/aromatic N) is 4. The van der Waals surface area contributed by atoms with Gasteiger partial charge in [0.25, 0.3) is 5.91 Å². The van der Waals surface area contributed by atoms with Crippen LogP contribution in [0, 0.1) is 6.92 Å². The van der Waals surface area contributed by atoms with Gasteiger partial charge >= 0.3 is 0 Å². The van der Waals surface area contributed by atoms with Crippen LogP contribution >= 0.6 is 11.8 Å². The zero-order chi connectivity index (χ0) is 27.8. The highest BCUT2D eigenvalue weighted by Gasteiger charge is 2.18. The largest absolute Gasteiger partial charge is 0.497 e. The number of amides is 1. The summed E-state index contributed by atoms with van der Waals surface area (Å²) in [6, 6.07) is 19.0. The minimum Gasteiger partial charge on any atom is -0.497 e. The molecule has 1 N–H and O–H groups in total.